The Balaban J connectivity index is 2.19. The summed E-state index contributed by atoms with van der Waals surface area (Å²) in [6.45, 7) is 4.11. The molecule has 0 aromatic heterocycles. The first-order valence-electron chi connectivity index (χ1n) is 5.07. The number of rotatable bonds is 3. The normalized spacial score (nSPS) is 19.3. The fourth-order valence-electron chi connectivity index (χ4n) is 1.63. The molecule has 1 aliphatic heterocycles. The molecule has 1 N–H and O–H groups in total. The third-order valence-electron chi connectivity index (χ3n) is 2.71. The maximum absolute atomic E-state index is 11.0. The first-order valence-corrected chi connectivity index (χ1v) is 5.07. The summed E-state index contributed by atoms with van der Waals surface area (Å²) in [4.78, 5) is 23.9. The summed E-state index contributed by atoms with van der Waals surface area (Å²) < 4.78 is 0. The lowest BCUT2D eigenvalue weighted by atomic mass is 9.97. The van der Waals surface area contributed by atoms with Crippen molar-refractivity contribution in [3.63, 3.8) is 0 Å². The number of carbonyl (C=O) groups excluding carboxylic acids is 2. The van der Waals surface area contributed by atoms with Gasteiger partial charge in [0.1, 0.15) is 0 Å². The molecule has 4 heteroatoms. The molecule has 0 saturated carbocycles. The van der Waals surface area contributed by atoms with E-state index >= 15 is 0 Å². The molecule has 0 bridgehead atoms. The second-order valence-electron chi connectivity index (χ2n) is 4.01. The van der Waals surface area contributed by atoms with Crippen molar-refractivity contribution < 1.29 is 9.59 Å². The Morgan fingerprint density at radius 3 is 2.43 bits per heavy atom. The quantitative estimate of drug-likeness (QED) is 0.651. The number of hydrogen-bond acceptors (Lipinski definition) is 3. The molecule has 1 rings (SSSR count). The van der Waals surface area contributed by atoms with Gasteiger partial charge < -0.3 is 10.2 Å². The van der Waals surface area contributed by atoms with E-state index in [1.54, 1.807) is 0 Å². The summed E-state index contributed by atoms with van der Waals surface area (Å²) >= 11 is 0. The Labute approximate surface area is 84.7 Å². The highest BCUT2D eigenvalue weighted by molar-refractivity contribution is 6.35. The van der Waals surface area contributed by atoms with E-state index < -0.39 is 11.7 Å². The van der Waals surface area contributed by atoms with Crippen molar-refractivity contribution in [1.29, 1.82) is 0 Å². The first-order chi connectivity index (χ1) is 6.59. The molecule has 1 aliphatic rings. The highest BCUT2D eigenvalue weighted by Gasteiger charge is 2.17. The molecule has 80 valence electrons. The molecule has 0 aliphatic carbocycles. The SMILES string of the molecule is CC(=O)C(=O)NCC1CCN(C)CC1. The molecular weight excluding hydrogens is 180 g/mol. The summed E-state index contributed by atoms with van der Waals surface area (Å²) in [5.74, 6) is -0.323. The van der Waals surface area contributed by atoms with Gasteiger partial charge in [-0.3, -0.25) is 9.59 Å². The van der Waals surface area contributed by atoms with E-state index in [1.165, 1.54) is 6.92 Å². The molecule has 0 unspecified atom stereocenters. The molecule has 1 amide bonds. The second-order valence-corrected chi connectivity index (χ2v) is 4.01. The summed E-state index contributed by atoms with van der Waals surface area (Å²) in [5.41, 5.74) is 0. The largest absolute Gasteiger partial charge is 0.349 e. The Hall–Kier alpha value is -0.900. The van der Waals surface area contributed by atoms with Crippen LogP contribution in [-0.2, 0) is 9.59 Å². The van der Waals surface area contributed by atoms with Gasteiger partial charge in [0.05, 0.1) is 0 Å². The summed E-state index contributed by atoms with van der Waals surface area (Å²) in [7, 11) is 2.10. The van der Waals surface area contributed by atoms with Crippen molar-refractivity contribution in [3.05, 3.63) is 0 Å². The van der Waals surface area contributed by atoms with Gasteiger partial charge in [-0.15, -0.1) is 0 Å². The monoisotopic (exact) mass is 198 g/mol. The van der Waals surface area contributed by atoms with Gasteiger partial charge >= 0.3 is 0 Å². The fourth-order valence-corrected chi connectivity index (χ4v) is 1.63. The number of nitrogens with zero attached hydrogens (tertiary/aromatic N) is 1. The number of ketones is 1. The zero-order valence-electron chi connectivity index (χ0n) is 8.88. The predicted octanol–water partition coefficient (Wildman–Crippen LogP) is 0.0334. The van der Waals surface area contributed by atoms with Crippen LogP contribution in [0.2, 0.25) is 0 Å². The zero-order chi connectivity index (χ0) is 10.6. The average molecular weight is 198 g/mol. The van der Waals surface area contributed by atoms with E-state index in [9.17, 15) is 9.59 Å². The van der Waals surface area contributed by atoms with Crippen molar-refractivity contribution in [2.45, 2.75) is 19.8 Å². The van der Waals surface area contributed by atoms with E-state index in [1.807, 2.05) is 0 Å². The van der Waals surface area contributed by atoms with Crippen molar-refractivity contribution in [2.75, 3.05) is 26.7 Å². The minimum atomic E-state index is -0.455. The van der Waals surface area contributed by atoms with Crippen molar-refractivity contribution >= 4 is 11.7 Å². The molecule has 0 aromatic carbocycles. The Bertz CT molecular complexity index is 220. The van der Waals surface area contributed by atoms with Crippen LogP contribution in [0.25, 0.3) is 0 Å². The summed E-state index contributed by atoms with van der Waals surface area (Å²) in [5, 5.41) is 2.66. The van der Waals surface area contributed by atoms with Crippen LogP contribution in [0, 0.1) is 5.92 Å². The third-order valence-corrected chi connectivity index (χ3v) is 2.71. The molecular formula is C10H18N2O2. The van der Waals surface area contributed by atoms with Gasteiger partial charge in [0.25, 0.3) is 5.91 Å². The summed E-state index contributed by atoms with van der Waals surface area (Å²) in [6, 6.07) is 0. The van der Waals surface area contributed by atoms with E-state index in [4.69, 9.17) is 0 Å². The molecule has 1 fully saturated rings. The van der Waals surface area contributed by atoms with E-state index in [0.717, 1.165) is 25.9 Å². The topological polar surface area (TPSA) is 49.4 Å². The van der Waals surface area contributed by atoms with Gasteiger partial charge in [0.2, 0.25) is 5.78 Å². The van der Waals surface area contributed by atoms with Crippen LogP contribution in [0.1, 0.15) is 19.8 Å². The number of piperidine rings is 1. The van der Waals surface area contributed by atoms with Crippen LogP contribution in [0.3, 0.4) is 0 Å². The number of nitrogens with one attached hydrogen (secondary N) is 1. The van der Waals surface area contributed by atoms with Gasteiger partial charge in [-0.2, -0.15) is 0 Å². The highest BCUT2D eigenvalue weighted by Crippen LogP contribution is 2.14. The number of likely N-dealkylation sites (tertiary alicyclic amines) is 1. The zero-order valence-corrected chi connectivity index (χ0v) is 8.88. The molecule has 14 heavy (non-hydrogen) atoms. The summed E-state index contributed by atoms with van der Waals surface area (Å²) in [6.07, 6.45) is 2.21. The standard InChI is InChI=1S/C10H18N2O2/c1-8(13)10(14)11-7-9-3-5-12(2)6-4-9/h9H,3-7H2,1-2H3,(H,11,14). The van der Waals surface area contributed by atoms with Gasteiger partial charge in [0, 0.05) is 13.5 Å². The lowest BCUT2D eigenvalue weighted by Crippen LogP contribution is -2.38. The Morgan fingerprint density at radius 1 is 1.36 bits per heavy atom. The number of hydrogen-bond donors (Lipinski definition) is 1. The highest BCUT2D eigenvalue weighted by atomic mass is 16.2. The van der Waals surface area contributed by atoms with Crippen molar-refractivity contribution in [1.82, 2.24) is 10.2 Å². The minimum absolute atomic E-state index is 0.405. The minimum Gasteiger partial charge on any atom is -0.349 e. The Morgan fingerprint density at radius 2 is 1.93 bits per heavy atom. The van der Waals surface area contributed by atoms with Crippen LogP contribution in [-0.4, -0.2) is 43.3 Å². The molecule has 1 heterocycles. The van der Waals surface area contributed by atoms with E-state index in [-0.39, 0.29) is 0 Å². The maximum Gasteiger partial charge on any atom is 0.287 e. The van der Waals surface area contributed by atoms with Gasteiger partial charge in [-0.1, -0.05) is 0 Å². The van der Waals surface area contributed by atoms with E-state index in [2.05, 4.69) is 17.3 Å². The molecule has 4 nitrogen and oxygen atoms in total. The smallest absolute Gasteiger partial charge is 0.287 e. The second kappa shape index (κ2) is 5.10. The van der Waals surface area contributed by atoms with Crippen LogP contribution in [0.15, 0.2) is 0 Å². The van der Waals surface area contributed by atoms with Crippen molar-refractivity contribution in [3.8, 4) is 0 Å². The van der Waals surface area contributed by atoms with Crippen LogP contribution < -0.4 is 5.32 Å². The van der Waals surface area contributed by atoms with Gasteiger partial charge in [-0.05, 0) is 38.9 Å². The molecule has 1 saturated heterocycles. The van der Waals surface area contributed by atoms with Gasteiger partial charge in [-0.25, -0.2) is 0 Å². The Kier molecular flexibility index (Phi) is 4.07. The van der Waals surface area contributed by atoms with E-state index in [0.29, 0.717) is 12.5 Å². The molecule has 0 spiro atoms. The lowest BCUT2D eigenvalue weighted by molar-refractivity contribution is -0.136. The van der Waals surface area contributed by atoms with Crippen molar-refractivity contribution in [2.24, 2.45) is 5.92 Å². The number of Topliss-reactive ketones (excluding diaryl/α,β-unsaturated/α-hetero) is 1. The average Bonchev–Trinajstić information content (AvgIpc) is 2.16. The number of amides is 1. The molecule has 0 radical (unpaired) electrons. The molecule has 0 aromatic rings. The van der Waals surface area contributed by atoms with Crippen LogP contribution in [0.5, 0.6) is 0 Å². The maximum atomic E-state index is 11.0. The predicted molar refractivity (Wildman–Crippen MR) is 53.9 cm³/mol. The lowest BCUT2D eigenvalue weighted by Gasteiger charge is -2.28. The fraction of sp³-hybridized carbons (Fsp3) is 0.800. The number of carbonyl (C=O) groups is 2. The molecule has 0 atom stereocenters. The first kappa shape index (κ1) is 11.2. The van der Waals surface area contributed by atoms with Crippen LogP contribution >= 0.6 is 0 Å². The van der Waals surface area contributed by atoms with Crippen LogP contribution in [0.4, 0.5) is 0 Å². The van der Waals surface area contributed by atoms with Gasteiger partial charge in [0.15, 0.2) is 0 Å². The third kappa shape index (κ3) is 3.46.